The van der Waals surface area contributed by atoms with Crippen LogP contribution in [0.15, 0.2) is 17.6 Å². The molecule has 8 heteroatoms. The summed E-state index contributed by atoms with van der Waals surface area (Å²) in [6.45, 7) is 2.04. The standard InChI is InChI=1S/C15H21FN4O3/c1-10(11-5-6-11)14(16)15(22)17-7-3-4-12-8-20(19-18-12)9-13(21)23-2/h8,11H,3-7,9H2,1-2H3,(H,17,22)/b14-10-. The largest absolute Gasteiger partial charge is 0.468 e. The minimum Gasteiger partial charge on any atom is -0.468 e. The first kappa shape index (κ1) is 17.1. The molecule has 126 valence electrons. The van der Waals surface area contributed by atoms with Crippen molar-refractivity contribution in [3.63, 3.8) is 0 Å². The van der Waals surface area contributed by atoms with Gasteiger partial charge < -0.3 is 10.1 Å². The highest BCUT2D eigenvalue weighted by atomic mass is 19.1. The van der Waals surface area contributed by atoms with E-state index in [9.17, 15) is 14.0 Å². The predicted molar refractivity (Wildman–Crippen MR) is 79.9 cm³/mol. The van der Waals surface area contributed by atoms with Gasteiger partial charge >= 0.3 is 5.97 Å². The van der Waals surface area contributed by atoms with E-state index < -0.39 is 17.7 Å². The average molecular weight is 324 g/mol. The van der Waals surface area contributed by atoms with Crippen LogP contribution in [0.3, 0.4) is 0 Å². The van der Waals surface area contributed by atoms with Gasteiger partial charge in [0.15, 0.2) is 5.83 Å². The van der Waals surface area contributed by atoms with Crippen LogP contribution in [0.5, 0.6) is 0 Å². The number of aromatic nitrogens is 3. The Hall–Kier alpha value is -2.25. The number of methoxy groups -OCH3 is 1. The van der Waals surface area contributed by atoms with Crippen LogP contribution >= 0.6 is 0 Å². The Kier molecular flexibility index (Phi) is 5.84. The Labute approximate surface area is 133 Å². The lowest BCUT2D eigenvalue weighted by atomic mass is 10.1. The number of halogens is 1. The lowest BCUT2D eigenvalue weighted by Gasteiger charge is -2.05. The Bertz CT molecular complexity index is 608. The molecule has 1 N–H and O–H groups in total. The van der Waals surface area contributed by atoms with E-state index in [1.54, 1.807) is 13.1 Å². The monoisotopic (exact) mass is 324 g/mol. The number of aryl methyl sites for hydroxylation is 1. The van der Waals surface area contributed by atoms with Crippen molar-refractivity contribution >= 4 is 11.9 Å². The number of rotatable bonds is 8. The number of carbonyl (C=O) groups excluding carboxylic acids is 2. The SMILES string of the molecule is COC(=O)Cn1cc(CCCNC(=O)/C(F)=C(\C)C2CC2)nn1. The first-order valence-electron chi connectivity index (χ1n) is 7.61. The maximum atomic E-state index is 13.8. The molecule has 0 bridgehead atoms. The predicted octanol–water partition coefficient (Wildman–Crippen LogP) is 1.15. The molecule has 0 aromatic carbocycles. The first-order chi connectivity index (χ1) is 11.0. The summed E-state index contributed by atoms with van der Waals surface area (Å²) in [5, 5.41) is 10.3. The van der Waals surface area contributed by atoms with Crippen molar-refractivity contribution in [1.82, 2.24) is 20.3 Å². The van der Waals surface area contributed by atoms with E-state index in [1.807, 2.05) is 0 Å². The summed E-state index contributed by atoms with van der Waals surface area (Å²) in [7, 11) is 1.31. The van der Waals surface area contributed by atoms with Gasteiger partial charge in [0.05, 0.1) is 12.8 Å². The molecule has 1 saturated carbocycles. The second-order valence-electron chi connectivity index (χ2n) is 5.61. The van der Waals surface area contributed by atoms with Gasteiger partial charge in [-0.1, -0.05) is 5.21 Å². The molecule has 1 amide bonds. The minimum atomic E-state index is -0.656. The molecule has 7 nitrogen and oxygen atoms in total. The Balaban J connectivity index is 1.70. The third kappa shape index (κ3) is 5.15. The van der Waals surface area contributed by atoms with Gasteiger partial charge in [0, 0.05) is 12.7 Å². The van der Waals surface area contributed by atoms with Crippen molar-refractivity contribution in [2.24, 2.45) is 5.92 Å². The smallest absolute Gasteiger partial charge is 0.327 e. The van der Waals surface area contributed by atoms with E-state index in [4.69, 9.17) is 0 Å². The fourth-order valence-electron chi connectivity index (χ4n) is 2.15. The van der Waals surface area contributed by atoms with Crippen molar-refractivity contribution in [3.05, 3.63) is 23.3 Å². The lowest BCUT2D eigenvalue weighted by Crippen LogP contribution is -2.25. The van der Waals surface area contributed by atoms with E-state index >= 15 is 0 Å². The van der Waals surface area contributed by atoms with Crippen LogP contribution in [0.1, 0.15) is 31.9 Å². The molecule has 2 rings (SSSR count). The molecule has 0 aliphatic heterocycles. The van der Waals surface area contributed by atoms with Gasteiger partial charge in [0.1, 0.15) is 6.54 Å². The molecule has 0 unspecified atom stereocenters. The molecule has 1 fully saturated rings. The molecular formula is C15H21FN4O3. The summed E-state index contributed by atoms with van der Waals surface area (Å²) in [5.41, 5.74) is 1.25. The number of nitrogens with zero attached hydrogens (tertiary/aromatic N) is 3. The highest BCUT2D eigenvalue weighted by molar-refractivity contribution is 5.91. The third-order valence-electron chi connectivity index (χ3n) is 3.74. The Morgan fingerprint density at radius 3 is 2.87 bits per heavy atom. The van der Waals surface area contributed by atoms with Crippen molar-refractivity contribution in [3.8, 4) is 0 Å². The topological polar surface area (TPSA) is 86.1 Å². The minimum absolute atomic E-state index is 0.0106. The molecule has 0 spiro atoms. The molecule has 1 aliphatic rings. The number of carbonyl (C=O) groups is 2. The molecule has 1 aromatic rings. The van der Waals surface area contributed by atoms with Gasteiger partial charge in [-0.05, 0) is 44.1 Å². The zero-order valence-corrected chi connectivity index (χ0v) is 13.3. The Morgan fingerprint density at radius 2 is 2.22 bits per heavy atom. The van der Waals surface area contributed by atoms with E-state index in [1.165, 1.54) is 11.8 Å². The van der Waals surface area contributed by atoms with Crippen molar-refractivity contribution in [2.75, 3.05) is 13.7 Å². The van der Waals surface area contributed by atoms with E-state index in [0.717, 1.165) is 12.8 Å². The van der Waals surface area contributed by atoms with Gasteiger partial charge in [0.25, 0.3) is 5.91 Å². The summed E-state index contributed by atoms with van der Waals surface area (Å²) in [6, 6.07) is 0. The number of hydrogen-bond acceptors (Lipinski definition) is 5. The molecule has 0 radical (unpaired) electrons. The fraction of sp³-hybridized carbons (Fsp3) is 0.600. The second-order valence-corrected chi connectivity index (χ2v) is 5.61. The molecule has 1 aliphatic carbocycles. The van der Waals surface area contributed by atoms with Gasteiger partial charge in [-0.15, -0.1) is 5.10 Å². The van der Waals surface area contributed by atoms with Crippen LogP contribution in [0.2, 0.25) is 0 Å². The number of ether oxygens (including phenoxy) is 1. The van der Waals surface area contributed by atoms with Gasteiger partial charge in [-0.25, -0.2) is 9.07 Å². The third-order valence-corrected chi connectivity index (χ3v) is 3.74. The van der Waals surface area contributed by atoms with Crippen LogP contribution < -0.4 is 5.32 Å². The van der Waals surface area contributed by atoms with Gasteiger partial charge in [-0.3, -0.25) is 9.59 Å². The second kappa shape index (κ2) is 7.85. The van der Waals surface area contributed by atoms with Crippen LogP contribution in [0.25, 0.3) is 0 Å². The first-order valence-corrected chi connectivity index (χ1v) is 7.61. The van der Waals surface area contributed by atoms with Crippen LogP contribution in [-0.2, 0) is 27.3 Å². The zero-order valence-electron chi connectivity index (χ0n) is 13.3. The van der Waals surface area contributed by atoms with Crippen LogP contribution in [-0.4, -0.2) is 40.5 Å². The number of hydrogen-bond donors (Lipinski definition) is 1. The van der Waals surface area contributed by atoms with Crippen molar-refractivity contribution in [2.45, 2.75) is 39.2 Å². The van der Waals surface area contributed by atoms with E-state index in [0.29, 0.717) is 30.7 Å². The maximum Gasteiger partial charge on any atom is 0.327 e. The number of allylic oxidation sites excluding steroid dienone is 1. The summed E-state index contributed by atoms with van der Waals surface area (Å²) in [4.78, 5) is 22.8. The highest BCUT2D eigenvalue weighted by Crippen LogP contribution is 2.37. The number of nitrogens with one attached hydrogen (secondary N) is 1. The molecule has 0 atom stereocenters. The highest BCUT2D eigenvalue weighted by Gasteiger charge is 2.27. The summed E-state index contributed by atoms with van der Waals surface area (Å²) in [5.74, 6) is -1.46. The fourth-order valence-corrected chi connectivity index (χ4v) is 2.15. The van der Waals surface area contributed by atoms with Crippen molar-refractivity contribution in [1.29, 1.82) is 0 Å². The zero-order chi connectivity index (χ0) is 16.8. The average Bonchev–Trinajstić information content (AvgIpc) is 3.31. The summed E-state index contributed by atoms with van der Waals surface area (Å²) >= 11 is 0. The molecule has 23 heavy (non-hydrogen) atoms. The van der Waals surface area contributed by atoms with E-state index in [-0.39, 0.29) is 12.5 Å². The molecule has 1 heterocycles. The maximum absolute atomic E-state index is 13.8. The lowest BCUT2D eigenvalue weighted by molar-refractivity contribution is -0.141. The number of amides is 1. The van der Waals surface area contributed by atoms with Gasteiger partial charge in [-0.2, -0.15) is 0 Å². The summed E-state index contributed by atoms with van der Waals surface area (Å²) in [6.07, 6.45) is 4.77. The van der Waals surface area contributed by atoms with E-state index in [2.05, 4.69) is 20.4 Å². The Morgan fingerprint density at radius 1 is 1.48 bits per heavy atom. The quantitative estimate of drug-likeness (QED) is 0.440. The molecule has 1 aromatic heterocycles. The molecular weight excluding hydrogens is 303 g/mol. The van der Waals surface area contributed by atoms with Gasteiger partial charge in [0.2, 0.25) is 0 Å². The summed E-state index contributed by atoms with van der Waals surface area (Å²) < 4.78 is 19.7. The number of esters is 1. The van der Waals surface area contributed by atoms with Crippen molar-refractivity contribution < 1.29 is 18.7 Å². The normalized spacial score (nSPS) is 15.1. The van der Waals surface area contributed by atoms with Crippen LogP contribution in [0.4, 0.5) is 4.39 Å². The molecule has 0 saturated heterocycles. The van der Waals surface area contributed by atoms with Crippen LogP contribution in [0, 0.1) is 5.92 Å².